The van der Waals surface area contributed by atoms with Crippen LogP contribution in [0.25, 0.3) is 21.7 Å². The minimum absolute atomic E-state index is 0.664. The average Bonchev–Trinajstić information content (AvgIpc) is 3.26. The number of piperidine rings is 1. The minimum atomic E-state index is -1.82. The molecule has 0 radical (unpaired) electrons. The first-order chi connectivity index (χ1) is 16.4. The van der Waals surface area contributed by atoms with E-state index in [-0.39, 0.29) is 0 Å². The van der Waals surface area contributed by atoms with E-state index in [2.05, 4.69) is 92.7 Å². The number of hydrogen-bond donors (Lipinski definition) is 3. The number of benzene rings is 3. The molecule has 0 unspecified atom stereocenters. The number of aromatic amines is 1. The first-order valence-corrected chi connectivity index (χ1v) is 12.1. The SMILES string of the molecule is Brc1ccc2[nH]cc(C3CCN(CCc4cccc5ccccc45)CC3)c2c1.O=C(O)C(=O)O. The van der Waals surface area contributed by atoms with Gasteiger partial charge in [0.15, 0.2) is 0 Å². The molecule has 0 aliphatic carbocycles. The molecular weight excluding hydrogens is 496 g/mol. The summed E-state index contributed by atoms with van der Waals surface area (Å²) in [6.07, 6.45) is 5.85. The van der Waals surface area contributed by atoms with E-state index in [1.165, 1.54) is 58.7 Å². The summed E-state index contributed by atoms with van der Waals surface area (Å²) in [5, 5.41) is 18.9. The molecule has 7 heteroatoms. The second kappa shape index (κ2) is 10.8. The van der Waals surface area contributed by atoms with Crippen molar-refractivity contribution < 1.29 is 19.8 Å². The van der Waals surface area contributed by atoms with Gasteiger partial charge >= 0.3 is 11.9 Å². The predicted molar refractivity (Wildman–Crippen MR) is 137 cm³/mol. The maximum absolute atomic E-state index is 9.10. The number of nitrogens with one attached hydrogen (secondary N) is 1. The number of carboxylic acid groups (broad SMARTS) is 2. The van der Waals surface area contributed by atoms with Gasteiger partial charge in [0.2, 0.25) is 0 Å². The molecule has 0 saturated carbocycles. The van der Waals surface area contributed by atoms with Crippen molar-refractivity contribution in [2.75, 3.05) is 19.6 Å². The summed E-state index contributed by atoms with van der Waals surface area (Å²) in [6, 6.07) is 22.0. The highest BCUT2D eigenvalue weighted by atomic mass is 79.9. The summed E-state index contributed by atoms with van der Waals surface area (Å²) < 4.78 is 1.16. The molecular formula is C27H27BrN2O4. The van der Waals surface area contributed by atoms with Crippen LogP contribution in [0.15, 0.2) is 71.3 Å². The van der Waals surface area contributed by atoms with E-state index in [1.54, 1.807) is 0 Å². The Morgan fingerprint density at radius 3 is 2.38 bits per heavy atom. The van der Waals surface area contributed by atoms with Crippen molar-refractivity contribution in [1.29, 1.82) is 0 Å². The van der Waals surface area contributed by atoms with Gasteiger partial charge in [-0.2, -0.15) is 0 Å². The number of carboxylic acids is 2. The summed E-state index contributed by atoms with van der Waals surface area (Å²) in [5.74, 6) is -2.98. The van der Waals surface area contributed by atoms with Gasteiger partial charge in [0.1, 0.15) is 0 Å². The van der Waals surface area contributed by atoms with Gasteiger partial charge in [-0.3, -0.25) is 0 Å². The minimum Gasteiger partial charge on any atom is -0.473 e. The van der Waals surface area contributed by atoms with E-state index in [9.17, 15) is 0 Å². The van der Waals surface area contributed by atoms with E-state index < -0.39 is 11.9 Å². The lowest BCUT2D eigenvalue weighted by Gasteiger charge is -2.32. The third kappa shape index (κ3) is 5.66. The molecule has 1 fully saturated rings. The molecule has 176 valence electrons. The van der Waals surface area contributed by atoms with E-state index >= 15 is 0 Å². The first kappa shape index (κ1) is 24.0. The molecule has 1 aliphatic heterocycles. The highest BCUT2D eigenvalue weighted by Gasteiger charge is 2.22. The van der Waals surface area contributed by atoms with Gasteiger partial charge in [-0.25, -0.2) is 9.59 Å². The lowest BCUT2D eigenvalue weighted by Crippen LogP contribution is -2.34. The van der Waals surface area contributed by atoms with Crippen LogP contribution < -0.4 is 0 Å². The van der Waals surface area contributed by atoms with Crippen molar-refractivity contribution in [3.05, 3.63) is 82.5 Å². The van der Waals surface area contributed by atoms with Crippen molar-refractivity contribution in [2.45, 2.75) is 25.2 Å². The van der Waals surface area contributed by atoms with E-state index in [4.69, 9.17) is 19.8 Å². The zero-order chi connectivity index (χ0) is 24.1. The molecule has 1 aromatic heterocycles. The molecule has 6 nitrogen and oxygen atoms in total. The van der Waals surface area contributed by atoms with Crippen LogP contribution in [0.4, 0.5) is 0 Å². The Balaban J connectivity index is 0.000000408. The van der Waals surface area contributed by atoms with Crippen LogP contribution in [0.5, 0.6) is 0 Å². The van der Waals surface area contributed by atoms with Crippen molar-refractivity contribution in [2.24, 2.45) is 0 Å². The maximum atomic E-state index is 9.10. The topological polar surface area (TPSA) is 93.6 Å². The molecule has 4 aromatic rings. The Bertz CT molecular complexity index is 1290. The van der Waals surface area contributed by atoms with Crippen LogP contribution in [0.2, 0.25) is 0 Å². The van der Waals surface area contributed by atoms with E-state index in [1.807, 2.05) is 0 Å². The van der Waals surface area contributed by atoms with E-state index in [0.717, 1.165) is 17.4 Å². The fourth-order valence-electron chi connectivity index (χ4n) is 4.71. The molecule has 1 aliphatic rings. The summed E-state index contributed by atoms with van der Waals surface area (Å²) >= 11 is 3.62. The number of aromatic nitrogens is 1. The quantitative estimate of drug-likeness (QED) is 0.300. The maximum Gasteiger partial charge on any atom is 0.414 e. The fourth-order valence-corrected chi connectivity index (χ4v) is 5.07. The summed E-state index contributed by atoms with van der Waals surface area (Å²) in [6.45, 7) is 3.53. The molecule has 0 atom stereocenters. The van der Waals surface area contributed by atoms with Gasteiger partial charge in [0.25, 0.3) is 0 Å². The summed E-state index contributed by atoms with van der Waals surface area (Å²) in [4.78, 5) is 24.3. The zero-order valence-corrected chi connectivity index (χ0v) is 20.3. The van der Waals surface area contributed by atoms with Crippen LogP contribution in [0.3, 0.4) is 0 Å². The second-order valence-electron chi connectivity index (χ2n) is 8.55. The van der Waals surface area contributed by atoms with Gasteiger partial charge < -0.3 is 20.1 Å². The van der Waals surface area contributed by atoms with Crippen molar-refractivity contribution in [3.8, 4) is 0 Å². The standard InChI is InChI=1S/C25H25BrN2.C2H2O4/c26-21-8-9-25-23(16-21)24(17-27-25)20-11-14-28(15-12-20)13-10-19-6-3-5-18-4-1-2-7-22(18)19;3-1(4)2(5)6/h1-9,16-17,20,27H,10-15H2;(H,3,4)(H,5,6). The van der Waals surface area contributed by atoms with Crippen molar-refractivity contribution >= 4 is 49.5 Å². The Hall–Kier alpha value is -3.16. The molecule has 5 rings (SSSR count). The Labute approximate surface area is 206 Å². The van der Waals surface area contributed by atoms with Gasteiger partial charge in [-0.1, -0.05) is 58.4 Å². The molecule has 0 amide bonds. The highest BCUT2D eigenvalue weighted by Crippen LogP contribution is 2.34. The number of hydrogen-bond acceptors (Lipinski definition) is 3. The third-order valence-electron chi connectivity index (χ3n) is 6.46. The molecule has 34 heavy (non-hydrogen) atoms. The Morgan fingerprint density at radius 2 is 1.65 bits per heavy atom. The Morgan fingerprint density at radius 1 is 0.941 bits per heavy atom. The molecule has 3 N–H and O–H groups in total. The number of H-pyrrole nitrogens is 1. The fraction of sp³-hybridized carbons (Fsp3) is 0.259. The first-order valence-electron chi connectivity index (χ1n) is 11.3. The van der Waals surface area contributed by atoms with Gasteiger partial charge in [-0.15, -0.1) is 0 Å². The van der Waals surface area contributed by atoms with Crippen LogP contribution in [0, 0.1) is 0 Å². The lowest BCUT2D eigenvalue weighted by atomic mass is 9.89. The average molecular weight is 523 g/mol. The van der Waals surface area contributed by atoms with Crippen LogP contribution in [0.1, 0.15) is 29.9 Å². The van der Waals surface area contributed by atoms with Crippen molar-refractivity contribution in [1.82, 2.24) is 9.88 Å². The van der Waals surface area contributed by atoms with Gasteiger partial charge in [0.05, 0.1) is 0 Å². The molecule has 0 bridgehead atoms. The van der Waals surface area contributed by atoms with E-state index in [0.29, 0.717) is 5.92 Å². The highest BCUT2D eigenvalue weighted by molar-refractivity contribution is 9.10. The zero-order valence-electron chi connectivity index (χ0n) is 18.7. The number of rotatable bonds is 4. The number of fused-ring (bicyclic) bond motifs is 2. The Kier molecular flexibility index (Phi) is 7.65. The van der Waals surface area contributed by atoms with Crippen LogP contribution in [-0.4, -0.2) is 51.7 Å². The summed E-state index contributed by atoms with van der Waals surface area (Å²) in [7, 11) is 0. The second-order valence-corrected chi connectivity index (χ2v) is 9.46. The van der Waals surface area contributed by atoms with Crippen LogP contribution >= 0.6 is 15.9 Å². The van der Waals surface area contributed by atoms with Gasteiger partial charge in [0, 0.05) is 28.1 Å². The normalized spacial score (nSPS) is 14.6. The molecule has 2 heterocycles. The number of halogens is 1. The number of aliphatic carboxylic acids is 2. The number of carbonyl (C=O) groups is 2. The monoisotopic (exact) mass is 522 g/mol. The van der Waals surface area contributed by atoms with Crippen LogP contribution in [-0.2, 0) is 16.0 Å². The van der Waals surface area contributed by atoms with Crippen molar-refractivity contribution in [3.63, 3.8) is 0 Å². The molecule has 0 spiro atoms. The summed E-state index contributed by atoms with van der Waals surface area (Å²) in [5.41, 5.74) is 4.21. The molecule has 3 aromatic carbocycles. The molecule has 1 saturated heterocycles. The number of nitrogens with zero attached hydrogens (tertiary/aromatic N) is 1. The lowest BCUT2D eigenvalue weighted by molar-refractivity contribution is -0.159. The largest absolute Gasteiger partial charge is 0.473 e. The number of likely N-dealkylation sites (tertiary alicyclic amines) is 1. The van der Waals surface area contributed by atoms with Gasteiger partial charge in [-0.05, 0) is 78.4 Å². The smallest absolute Gasteiger partial charge is 0.414 e. The predicted octanol–water partition coefficient (Wildman–Crippen LogP) is 5.66. The third-order valence-corrected chi connectivity index (χ3v) is 6.96.